The number of anilines is 1. The van der Waals surface area contributed by atoms with E-state index in [1.807, 2.05) is 0 Å². The maximum atomic E-state index is 13.0. The average molecular weight is 437 g/mol. The molecule has 0 atom stereocenters. The number of benzene rings is 2. The Balaban J connectivity index is 1.87. The van der Waals surface area contributed by atoms with Crippen LogP contribution in [0, 0.1) is 0 Å². The third-order valence-electron chi connectivity index (χ3n) is 3.97. The topological polar surface area (TPSA) is 98.1 Å². The van der Waals surface area contributed by atoms with Gasteiger partial charge in [0.1, 0.15) is 6.54 Å². The first-order valence-corrected chi connectivity index (χ1v) is 9.92. The Bertz CT molecular complexity index is 1240. The molecule has 2 aromatic carbocycles. The second-order valence-corrected chi connectivity index (χ2v) is 7.97. The predicted molar refractivity (Wildman–Crippen MR) is 100 cm³/mol. The predicted octanol–water partition coefficient (Wildman–Crippen LogP) is 2.73. The van der Waals surface area contributed by atoms with E-state index >= 15 is 0 Å². The molecule has 1 aromatic heterocycles. The maximum absolute atomic E-state index is 13.0. The lowest BCUT2D eigenvalue weighted by Gasteiger charge is -2.14. The van der Waals surface area contributed by atoms with Gasteiger partial charge in [-0.2, -0.15) is 18.3 Å². The van der Waals surface area contributed by atoms with Crippen molar-refractivity contribution in [1.82, 2.24) is 9.78 Å². The van der Waals surface area contributed by atoms with Crippen molar-refractivity contribution < 1.29 is 26.4 Å². The minimum atomic E-state index is -4.69. The Kier molecular flexibility index (Phi) is 5.74. The summed E-state index contributed by atoms with van der Waals surface area (Å²) in [7, 11) is -4.05. The number of rotatable bonds is 5. The van der Waals surface area contributed by atoms with Crippen LogP contribution in [0.5, 0.6) is 0 Å². The van der Waals surface area contributed by atoms with E-state index in [9.17, 15) is 31.2 Å². The van der Waals surface area contributed by atoms with E-state index in [1.165, 1.54) is 36.4 Å². The zero-order chi connectivity index (χ0) is 21.9. The van der Waals surface area contributed by atoms with Crippen molar-refractivity contribution in [3.8, 4) is 0 Å². The van der Waals surface area contributed by atoms with Gasteiger partial charge in [0.2, 0.25) is 15.7 Å². The van der Waals surface area contributed by atoms with Crippen LogP contribution in [0.25, 0.3) is 0 Å². The van der Waals surface area contributed by atoms with Crippen LogP contribution in [0.2, 0.25) is 0 Å². The molecule has 1 amide bonds. The van der Waals surface area contributed by atoms with E-state index in [0.29, 0.717) is 4.68 Å². The SMILES string of the molecule is O=C(Cn1nc(S(=O)(=O)c2ccccc2)ccc1=O)Nc1ccccc1C(F)(F)F. The maximum Gasteiger partial charge on any atom is 0.418 e. The zero-order valence-corrected chi connectivity index (χ0v) is 15.9. The van der Waals surface area contributed by atoms with Gasteiger partial charge in [0.15, 0.2) is 5.03 Å². The Morgan fingerprint density at radius 2 is 1.60 bits per heavy atom. The van der Waals surface area contributed by atoms with Crippen molar-refractivity contribution in [3.05, 3.63) is 82.6 Å². The second kappa shape index (κ2) is 8.11. The fraction of sp³-hybridized carbons (Fsp3) is 0.105. The molecule has 0 aliphatic carbocycles. The number of nitrogens with one attached hydrogen (secondary N) is 1. The Morgan fingerprint density at radius 3 is 2.27 bits per heavy atom. The molecule has 0 unspecified atom stereocenters. The minimum absolute atomic E-state index is 0.0637. The number of aromatic nitrogens is 2. The fourth-order valence-corrected chi connectivity index (χ4v) is 3.78. The highest BCUT2D eigenvalue weighted by molar-refractivity contribution is 7.91. The van der Waals surface area contributed by atoms with Gasteiger partial charge < -0.3 is 5.32 Å². The van der Waals surface area contributed by atoms with Crippen LogP contribution < -0.4 is 10.9 Å². The summed E-state index contributed by atoms with van der Waals surface area (Å²) in [5, 5.41) is 5.31. The van der Waals surface area contributed by atoms with Crippen molar-refractivity contribution in [1.29, 1.82) is 0 Å². The van der Waals surface area contributed by atoms with Crippen molar-refractivity contribution >= 4 is 21.4 Å². The van der Waals surface area contributed by atoms with Crippen LogP contribution in [-0.4, -0.2) is 24.1 Å². The molecule has 0 bridgehead atoms. The number of halogens is 3. The summed E-state index contributed by atoms with van der Waals surface area (Å²) < 4.78 is 65.0. The Morgan fingerprint density at radius 1 is 0.967 bits per heavy atom. The minimum Gasteiger partial charge on any atom is -0.324 e. The van der Waals surface area contributed by atoms with Crippen LogP contribution in [0.4, 0.5) is 18.9 Å². The van der Waals surface area contributed by atoms with Gasteiger partial charge in [0.05, 0.1) is 16.1 Å². The molecule has 156 valence electrons. The van der Waals surface area contributed by atoms with Gasteiger partial charge in [-0.3, -0.25) is 9.59 Å². The number of hydrogen-bond acceptors (Lipinski definition) is 5. The van der Waals surface area contributed by atoms with E-state index < -0.39 is 50.3 Å². The number of para-hydroxylation sites is 1. The average Bonchev–Trinajstić information content (AvgIpc) is 2.70. The monoisotopic (exact) mass is 437 g/mol. The molecule has 3 rings (SSSR count). The number of alkyl halides is 3. The van der Waals surface area contributed by atoms with E-state index in [1.54, 1.807) is 6.07 Å². The molecule has 0 saturated carbocycles. The van der Waals surface area contributed by atoms with Gasteiger partial charge in [0, 0.05) is 6.07 Å². The lowest BCUT2D eigenvalue weighted by Crippen LogP contribution is -2.30. The summed E-state index contributed by atoms with van der Waals surface area (Å²) in [6.07, 6.45) is -4.69. The molecule has 7 nitrogen and oxygen atoms in total. The highest BCUT2D eigenvalue weighted by Crippen LogP contribution is 2.34. The molecule has 0 radical (unpaired) electrons. The molecular formula is C19H14F3N3O4S. The normalized spacial score (nSPS) is 11.8. The molecule has 0 fully saturated rings. The number of carbonyl (C=O) groups is 1. The molecule has 0 aliphatic rings. The standard InChI is InChI=1S/C19H14F3N3O4S/c20-19(21,22)14-8-4-5-9-15(14)23-16(26)12-25-18(27)11-10-17(24-25)30(28,29)13-6-2-1-3-7-13/h1-11H,12H2,(H,23,26). The number of sulfone groups is 1. The van der Waals surface area contributed by atoms with Gasteiger partial charge in [-0.25, -0.2) is 13.1 Å². The van der Waals surface area contributed by atoms with E-state index in [2.05, 4.69) is 10.4 Å². The number of carbonyl (C=O) groups excluding carboxylic acids is 1. The summed E-state index contributed by atoms with van der Waals surface area (Å²) >= 11 is 0. The first-order valence-electron chi connectivity index (χ1n) is 8.43. The van der Waals surface area contributed by atoms with E-state index in [4.69, 9.17) is 0 Å². The summed E-state index contributed by atoms with van der Waals surface area (Å²) in [6.45, 7) is -0.775. The molecular weight excluding hydrogens is 423 g/mol. The number of nitrogens with zero attached hydrogens (tertiary/aromatic N) is 2. The second-order valence-electron chi connectivity index (χ2n) is 6.08. The lowest BCUT2D eigenvalue weighted by atomic mass is 10.1. The molecule has 0 aliphatic heterocycles. The third kappa shape index (κ3) is 4.57. The van der Waals surface area contributed by atoms with E-state index in [0.717, 1.165) is 24.3 Å². The fourth-order valence-electron chi connectivity index (χ4n) is 2.57. The smallest absolute Gasteiger partial charge is 0.324 e. The van der Waals surface area contributed by atoms with Gasteiger partial charge in [-0.1, -0.05) is 30.3 Å². The van der Waals surface area contributed by atoms with Crippen LogP contribution >= 0.6 is 0 Å². The summed E-state index contributed by atoms with van der Waals surface area (Å²) in [5.74, 6) is -0.976. The van der Waals surface area contributed by atoms with Gasteiger partial charge in [-0.05, 0) is 30.3 Å². The highest BCUT2D eigenvalue weighted by Gasteiger charge is 2.33. The molecule has 0 saturated heterocycles. The zero-order valence-electron chi connectivity index (χ0n) is 15.1. The van der Waals surface area contributed by atoms with Crippen LogP contribution in [0.15, 0.2) is 81.4 Å². The van der Waals surface area contributed by atoms with E-state index in [-0.39, 0.29) is 4.90 Å². The van der Waals surface area contributed by atoms with Crippen molar-refractivity contribution in [2.75, 3.05) is 5.32 Å². The quantitative estimate of drug-likeness (QED) is 0.662. The number of amides is 1. The van der Waals surface area contributed by atoms with Gasteiger partial charge in [0.25, 0.3) is 5.56 Å². The summed E-state index contributed by atoms with van der Waals surface area (Å²) in [5.41, 5.74) is -2.34. The highest BCUT2D eigenvalue weighted by atomic mass is 32.2. The molecule has 0 spiro atoms. The molecule has 30 heavy (non-hydrogen) atoms. The van der Waals surface area contributed by atoms with Crippen LogP contribution in [0.3, 0.4) is 0 Å². The molecule has 11 heteroatoms. The van der Waals surface area contributed by atoms with Gasteiger partial charge >= 0.3 is 6.18 Å². The molecule has 3 aromatic rings. The third-order valence-corrected chi connectivity index (χ3v) is 5.63. The van der Waals surface area contributed by atoms with Crippen molar-refractivity contribution in [2.24, 2.45) is 0 Å². The molecule has 1 N–H and O–H groups in total. The first kappa shape index (κ1) is 21.2. The van der Waals surface area contributed by atoms with Crippen molar-refractivity contribution in [2.45, 2.75) is 22.6 Å². The lowest BCUT2D eigenvalue weighted by molar-refractivity contribution is -0.137. The Hall–Kier alpha value is -3.47. The van der Waals surface area contributed by atoms with Crippen LogP contribution in [0.1, 0.15) is 5.56 Å². The van der Waals surface area contributed by atoms with Crippen molar-refractivity contribution in [3.63, 3.8) is 0 Å². The summed E-state index contributed by atoms with van der Waals surface area (Å²) in [6, 6.07) is 13.6. The largest absolute Gasteiger partial charge is 0.418 e. The van der Waals surface area contributed by atoms with Gasteiger partial charge in [-0.15, -0.1) is 0 Å². The van der Waals surface area contributed by atoms with Crippen LogP contribution in [-0.2, 0) is 27.4 Å². The molecule has 1 heterocycles. The number of hydrogen-bond donors (Lipinski definition) is 1. The first-order chi connectivity index (χ1) is 14.1. The Labute approximate surface area is 168 Å². The summed E-state index contributed by atoms with van der Waals surface area (Å²) in [4.78, 5) is 24.1.